The van der Waals surface area contributed by atoms with E-state index in [0.717, 1.165) is 61.0 Å². The van der Waals surface area contributed by atoms with Crippen molar-refractivity contribution < 1.29 is 34.1 Å². The Labute approximate surface area is 209 Å². The number of carboxylic acids is 2. The molecule has 2 N–H and O–H groups in total. The Balaban J connectivity index is 0.000000392. The molecule has 0 aromatic heterocycles. The molecule has 0 unspecified atom stereocenters. The second kappa shape index (κ2) is 13.2. The van der Waals surface area contributed by atoms with E-state index in [0.29, 0.717) is 25.1 Å². The fourth-order valence-corrected chi connectivity index (χ4v) is 3.73. The van der Waals surface area contributed by atoms with E-state index in [1.807, 2.05) is 48.5 Å². The Morgan fingerprint density at radius 1 is 1.00 bits per heavy atom. The van der Waals surface area contributed by atoms with Gasteiger partial charge >= 0.3 is 11.9 Å². The van der Waals surface area contributed by atoms with Crippen LogP contribution in [0.4, 0.5) is 0 Å². The Bertz CT molecular complexity index is 1110. The van der Waals surface area contributed by atoms with E-state index in [-0.39, 0.29) is 5.91 Å². The van der Waals surface area contributed by atoms with Crippen molar-refractivity contribution in [2.75, 3.05) is 46.5 Å². The van der Waals surface area contributed by atoms with E-state index in [1.54, 1.807) is 12.1 Å². The van der Waals surface area contributed by atoms with Crippen LogP contribution in [0.15, 0.2) is 65.8 Å². The van der Waals surface area contributed by atoms with Crippen LogP contribution >= 0.6 is 0 Å². The highest BCUT2D eigenvalue weighted by molar-refractivity contribution is 6.15. The van der Waals surface area contributed by atoms with Gasteiger partial charge in [0.15, 0.2) is 0 Å². The number of carboxylic acid groups (broad SMARTS) is 2. The summed E-state index contributed by atoms with van der Waals surface area (Å²) in [5.74, 6) is -1.68. The number of carbonyl (C=O) groups excluding carboxylic acids is 1. The standard InChI is InChI=1S/C22H25N3O3.C4H4O4/c1-27-19-8-6-17(7-9-19)22-20-5-3-2-4-18(20)16-21(26)25(23-22)11-10-24-12-14-28-15-13-24;5-3(6)1-2-4(7)8/h2-9H,10-16H2,1H3;1-2H,(H,5,6)(H,7,8)/b;2-1-. The fraction of sp³-hybridized carbons (Fsp3) is 0.308. The number of fused-ring (bicyclic) bond motifs is 1. The van der Waals surface area contributed by atoms with Gasteiger partial charge in [-0.05, 0) is 29.8 Å². The summed E-state index contributed by atoms with van der Waals surface area (Å²) in [5, 5.41) is 22.1. The lowest BCUT2D eigenvalue weighted by Gasteiger charge is -2.28. The van der Waals surface area contributed by atoms with E-state index in [1.165, 1.54) is 0 Å². The molecule has 1 amide bonds. The van der Waals surface area contributed by atoms with Crippen molar-refractivity contribution in [1.29, 1.82) is 0 Å². The molecule has 0 saturated carbocycles. The molecule has 2 aromatic carbocycles. The second-order valence-electron chi connectivity index (χ2n) is 7.99. The normalized spacial score (nSPS) is 15.9. The van der Waals surface area contributed by atoms with Crippen LogP contribution in [0, 0.1) is 0 Å². The van der Waals surface area contributed by atoms with E-state index < -0.39 is 11.9 Å². The van der Waals surface area contributed by atoms with Crippen LogP contribution in [0.2, 0.25) is 0 Å². The number of morpholine rings is 1. The average Bonchev–Trinajstić information content (AvgIpc) is 3.03. The first-order chi connectivity index (χ1) is 17.4. The molecule has 0 aliphatic carbocycles. The minimum Gasteiger partial charge on any atom is -0.497 e. The fourth-order valence-electron chi connectivity index (χ4n) is 3.73. The molecule has 2 aliphatic heterocycles. The Hall–Kier alpha value is -4.02. The maximum Gasteiger partial charge on any atom is 0.328 e. The Morgan fingerprint density at radius 3 is 2.25 bits per heavy atom. The van der Waals surface area contributed by atoms with Gasteiger partial charge in [0.1, 0.15) is 5.75 Å². The summed E-state index contributed by atoms with van der Waals surface area (Å²) in [6, 6.07) is 15.8. The van der Waals surface area contributed by atoms with E-state index >= 15 is 0 Å². The lowest BCUT2D eigenvalue weighted by Crippen LogP contribution is -2.41. The van der Waals surface area contributed by atoms with Gasteiger partial charge in [0.05, 0.1) is 39.0 Å². The summed E-state index contributed by atoms with van der Waals surface area (Å²) in [7, 11) is 1.65. The molecule has 1 fully saturated rings. The van der Waals surface area contributed by atoms with Crippen LogP contribution < -0.4 is 4.74 Å². The van der Waals surface area contributed by atoms with Crippen molar-refractivity contribution in [3.05, 3.63) is 77.4 Å². The Kier molecular flexibility index (Phi) is 9.73. The predicted octanol–water partition coefficient (Wildman–Crippen LogP) is 1.88. The second-order valence-corrected chi connectivity index (χ2v) is 7.99. The average molecular weight is 496 g/mol. The molecule has 2 aliphatic rings. The molecule has 4 rings (SSSR count). The summed E-state index contributed by atoms with van der Waals surface area (Å²) in [6.07, 6.45) is 1.48. The number of hydrogen-bond acceptors (Lipinski definition) is 7. The van der Waals surface area contributed by atoms with E-state index in [9.17, 15) is 14.4 Å². The number of ether oxygens (including phenoxy) is 2. The molecule has 2 heterocycles. The molecular weight excluding hydrogens is 466 g/mol. The first kappa shape index (κ1) is 26.6. The molecule has 1 saturated heterocycles. The molecule has 36 heavy (non-hydrogen) atoms. The monoisotopic (exact) mass is 495 g/mol. The van der Waals surface area contributed by atoms with Gasteiger partial charge in [-0.15, -0.1) is 0 Å². The largest absolute Gasteiger partial charge is 0.497 e. The van der Waals surface area contributed by atoms with E-state index in [2.05, 4.69) is 4.90 Å². The van der Waals surface area contributed by atoms with Gasteiger partial charge in [-0.2, -0.15) is 5.10 Å². The summed E-state index contributed by atoms with van der Waals surface area (Å²) in [4.78, 5) is 34.3. The first-order valence-electron chi connectivity index (χ1n) is 11.4. The number of nitrogens with zero attached hydrogens (tertiary/aromatic N) is 3. The number of amides is 1. The zero-order valence-corrected chi connectivity index (χ0v) is 20.0. The van der Waals surface area contributed by atoms with Crippen LogP contribution in [0.5, 0.6) is 5.75 Å². The maximum atomic E-state index is 12.9. The topological polar surface area (TPSA) is 129 Å². The highest BCUT2D eigenvalue weighted by Crippen LogP contribution is 2.22. The number of aliphatic carboxylic acids is 2. The highest BCUT2D eigenvalue weighted by atomic mass is 16.5. The quantitative estimate of drug-likeness (QED) is 0.557. The third-order valence-corrected chi connectivity index (χ3v) is 5.59. The molecule has 0 spiro atoms. The highest BCUT2D eigenvalue weighted by Gasteiger charge is 2.24. The molecule has 0 atom stereocenters. The Morgan fingerprint density at radius 2 is 1.64 bits per heavy atom. The minimum absolute atomic E-state index is 0.0317. The summed E-state index contributed by atoms with van der Waals surface area (Å²) in [6.45, 7) is 4.67. The van der Waals surface area contributed by atoms with Gasteiger partial charge in [-0.25, -0.2) is 14.6 Å². The number of benzene rings is 2. The summed E-state index contributed by atoms with van der Waals surface area (Å²) < 4.78 is 10.7. The van der Waals surface area contributed by atoms with Gasteiger partial charge in [-0.3, -0.25) is 9.69 Å². The first-order valence-corrected chi connectivity index (χ1v) is 11.4. The SMILES string of the molecule is COc1ccc(C2=NN(CCN3CCOCC3)C(=O)Cc3ccccc32)cc1.O=C(O)/C=C\C(=O)O. The maximum absolute atomic E-state index is 12.9. The third-order valence-electron chi connectivity index (χ3n) is 5.59. The van der Waals surface area contributed by atoms with Gasteiger partial charge in [0.25, 0.3) is 0 Å². The molecule has 190 valence electrons. The van der Waals surface area contributed by atoms with Gasteiger partial charge in [0.2, 0.25) is 5.91 Å². The smallest absolute Gasteiger partial charge is 0.328 e. The van der Waals surface area contributed by atoms with Crippen molar-refractivity contribution in [2.24, 2.45) is 5.10 Å². The molecule has 2 aromatic rings. The van der Waals surface area contributed by atoms with Crippen molar-refractivity contribution >= 4 is 23.6 Å². The molecular formula is C26H29N3O7. The molecule has 0 radical (unpaired) electrons. The predicted molar refractivity (Wildman–Crippen MR) is 132 cm³/mol. The zero-order chi connectivity index (χ0) is 25.9. The third kappa shape index (κ3) is 7.76. The minimum atomic E-state index is -1.26. The molecule has 10 heteroatoms. The molecule has 10 nitrogen and oxygen atoms in total. The molecule has 0 bridgehead atoms. The number of rotatable bonds is 7. The number of hydrazone groups is 1. The number of methoxy groups -OCH3 is 1. The lowest BCUT2D eigenvalue weighted by atomic mass is 9.96. The van der Waals surface area contributed by atoms with Crippen LogP contribution in [0.3, 0.4) is 0 Å². The number of hydrogen-bond donors (Lipinski definition) is 2. The van der Waals surface area contributed by atoms with Crippen LogP contribution in [0.1, 0.15) is 16.7 Å². The van der Waals surface area contributed by atoms with Crippen molar-refractivity contribution in [3.63, 3.8) is 0 Å². The van der Waals surface area contributed by atoms with Crippen molar-refractivity contribution in [2.45, 2.75) is 6.42 Å². The number of carbonyl (C=O) groups is 3. The van der Waals surface area contributed by atoms with Crippen LogP contribution in [0.25, 0.3) is 0 Å². The van der Waals surface area contributed by atoms with Crippen molar-refractivity contribution in [3.8, 4) is 5.75 Å². The van der Waals surface area contributed by atoms with Gasteiger partial charge in [0, 0.05) is 42.9 Å². The van der Waals surface area contributed by atoms with Gasteiger partial charge < -0.3 is 19.7 Å². The van der Waals surface area contributed by atoms with Crippen LogP contribution in [-0.2, 0) is 25.5 Å². The van der Waals surface area contributed by atoms with Crippen molar-refractivity contribution in [1.82, 2.24) is 9.91 Å². The summed E-state index contributed by atoms with van der Waals surface area (Å²) >= 11 is 0. The van der Waals surface area contributed by atoms with Crippen LogP contribution in [-0.4, -0.2) is 90.2 Å². The van der Waals surface area contributed by atoms with E-state index in [4.69, 9.17) is 24.8 Å². The van der Waals surface area contributed by atoms with Gasteiger partial charge in [-0.1, -0.05) is 24.3 Å². The summed E-state index contributed by atoms with van der Waals surface area (Å²) in [5.41, 5.74) is 3.82. The zero-order valence-electron chi connectivity index (χ0n) is 20.0. The lowest BCUT2D eigenvalue weighted by molar-refractivity contribution is -0.134.